The summed E-state index contributed by atoms with van der Waals surface area (Å²) in [6, 6.07) is 13.5. The van der Waals surface area contributed by atoms with Crippen LogP contribution < -0.4 is 5.32 Å². The van der Waals surface area contributed by atoms with Gasteiger partial charge in [-0.2, -0.15) is 0 Å². The zero-order chi connectivity index (χ0) is 13.5. The van der Waals surface area contributed by atoms with Crippen LogP contribution >= 0.6 is 11.3 Å². The molecule has 2 N–H and O–H groups in total. The molecule has 0 saturated heterocycles. The van der Waals surface area contributed by atoms with E-state index >= 15 is 0 Å². The van der Waals surface area contributed by atoms with E-state index in [1.54, 1.807) is 0 Å². The Morgan fingerprint density at radius 2 is 2.10 bits per heavy atom. The van der Waals surface area contributed by atoms with Gasteiger partial charge in [-0.05, 0) is 36.6 Å². The zero-order valence-electron chi connectivity index (χ0n) is 11.6. The van der Waals surface area contributed by atoms with E-state index in [4.69, 9.17) is 0 Å². The highest BCUT2D eigenvalue weighted by Crippen LogP contribution is 2.35. The Balaban J connectivity index is 1.85. The Hall–Kier alpha value is -1.58. The summed E-state index contributed by atoms with van der Waals surface area (Å²) in [7, 11) is 0. The van der Waals surface area contributed by atoms with Crippen molar-refractivity contribution >= 4 is 22.2 Å². The highest BCUT2D eigenvalue weighted by molar-refractivity contribution is 7.12. The van der Waals surface area contributed by atoms with Gasteiger partial charge in [0.15, 0.2) is 0 Å². The molecule has 20 heavy (non-hydrogen) atoms. The molecule has 1 aliphatic rings. The largest absolute Gasteiger partial charge is 0.357 e. The fourth-order valence-electron chi connectivity index (χ4n) is 3.16. The number of thiophene rings is 1. The Labute approximate surface area is 122 Å². The number of rotatable bonds is 2. The quantitative estimate of drug-likeness (QED) is 0.730. The summed E-state index contributed by atoms with van der Waals surface area (Å²) in [5, 5.41) is 5.06. The van der Waals surface area contributed by atoms with Crippen molar-refractivity contribution in [3.8, 4) is 0 Å². The molecule has 1 unspecified atom stereocenters. The lowest BCUT2D eigenvalue weighted by Gasteiger charge is -2.23. The Morgan fingerprint density at radius 3 is 2.95 bits per heavy atom. The number of para-hydroxylation sites is 1. The number of hydrogen-bond donors (Lipinski definition) is 2. The SMILES string of the molecule is CCc1ccc(C2NCCc3c2[nH]c2ccccc32)s1. The number of benzene rings is 1. The van der Waals surface area contributed by atoms with Gasteiger partial charge in [0.25, 0.3) is 0 Å². The number of fused-ring (bicyclic) bond motifs is 3. The Bertz CT molecular complexity index is 753. The summed E-state index contributed by atoms with van der Waals surface area (Å²) in [5.41, 5.74) is 4.12. The second-order valence-corrected chi connectivity index (χ2v) is 6.56. The number of aromatic amines is 1. The molecule has 3 heterocycles. The molecule has 3 aromatic rings. The summed E-state index contributed by atoms with van der Waals surface area (Å²) in [5.74, 6) is 0. The third-order valence-electron chi connectivity index (χ3n) is 4.17. The fraction of sp³-hybridized carbons (Fsp3) is 0.294. The highest BCUT2D eigenvalue weighted by Gasteiger charge is 2.25. The van der Waals surface area contributed by atoms with Gasteiger partial charge in [-0.3, -0.25) is 0 Å². The normalized spacial score (nSPS) is 18.4. The molecule has 1 atom stereocenters. The first-order valence-electron chi connectivity index (χ1n) is 7.28. The Morgan fingerprint density at radius 1 is 1.20 bits per heavy atom. The summed E-state index contributed by atoms with van der Waals surface area (Å²) >= 11 is 1.93. The Kier molecular flexibility index (Phi) is 2.90. The van der Waals surface area contributed by atoms with Crippen molar-refractivity contribution in [2.45, 2.75) is 25.8 Å². The van der Waals surface area contributed by atoms with Gasteiger partial charge >= 0.3 is 0 Å². The summed E-state index contributed by atoms with van der Waals surface area (Å²) in [6.45, 7) is 3.27. The van der Waals surface area contributed by atoms with E-state index in [1.807, 2.05) is 11.3 Å². The molecule has 1 aromatic carbocycles. The molecule has 4 rings (SSSR count). The van der Waals surface area contributed by atoms with Crippen LogP contribution in [-0.4, -0.2) is 11.5 Å². The van der Waals surface area contributed by atoms with Gasteiger partial charge in [0.1, 0.15) is 0 Å². The van der Waals surface area contributed by atoms with Crippen molar-refractivity contribution < 1.29 is 0 Å². The second-order valence-electron chi connectivity index (χ2n) is 5.36. The highest BCUT2D eigenvalue weighted by atomic mass is 32.1. The van der Waals surface area contributed by atoms with E-state index < -0.39 is 0 Å². The van der Waals surface area contributed by atoms with Crippen molar-refractivity contribution in [2.24, 2.45) is 0 Å². The van der Waals surface area contributed by atoms with Crippen molar-refractivity contribution in [3.63, 3.8) is 0 Å². The average Bonchev–Trinajstić information content (AvgIpc) is 3.11. The van der Waals surface area contributed by atoms with Gasteiger partial charge in [-0.25, -0.2) is 0 Å². The van der Waals surface area contributed by atoms with Crippen molar-refractivity contribution in [1.29, 1.82) is 0 Å². The molecule has 0 amide bonds. The van der Waals surface area contributed by atoms with E-state index in [1.165, 1.54) is 31.9 Å². The predicted octanol–water partition coefficient (Wildman–Crippen LogP) is 4.03. The van der Waals surface area contributed by atoms with Crippen molar-refractivity contribution in [1.82, 2.24) is 10.3 Å². The van der Waals surface area contributed by atoms with E-state index in [0.29, 0.717) is 6.04 Å². The first-order valence-corrected chi connectivity index (χ1v) is 8.10. The van der Waals surface area contributed by atoms with Crippen LogP contribution in [0.25, 0.3) is 10.9 Å². The van der Waals surface area contributed by atoms with Gasteiger partial charge in [-0.1, -0.05) is 25.1 Å². The molecule has 2 nitrogen and oxygen atoms in total. The molecule has 0 spiro atoms. The van der Waals surface area contributed by atoms with Crippen LogP contribution in [0.4, 0.5) is 0 Å². The molecule has 0 bridgehead atoms. The van der Waals surface area contributed by atoms with Crippen LogP contribution in [0.3, 0.4) is 0 Å². The van der Waals surface area contributed by atoms with Gasteiger partial charge in [0.05, 0.1) is 6.04 Å². The number of hydrogen-bond acceptors (Lipinski definition) is 2. The van der Waals surface area contributed by atoms with Gasteiger partial charge < -0.3 is 10.3 Å². The van der Waals surface area contributed by atoms with E-state index in [-0.39, 0.29) is 0 Å². The van der Waals surface area contributed by atoms with Crippen molar-refractivity contribution in [3.05, 3.63) is 57.4 Å². The third kappa shape index (κ3) is 1.81. The molecule has 0 fully saturated rings. The summed E-state index contributed by atoms with van der Waals surface area (Å²) in [4.78, 5) is 6.52. The van der Waals surface area contributed by atoms with Crippen LogP contribution in [0.5, 0.6) is 0 Å². The number of H-pyrrole nitrogens is 1. The van der Waals surface area contributed by atoms with Gasteiger partial charge in [-0.15, -0.1) is 11.3 Å². The summed E-state index contributed by atoms with van der Waals surface area (Å²) in [6.07, 6.45) is 2.23. The van der Waals surface area contributed by atoms with Crippen molar-refractivity contribution in [2.75, 3.05) is 6.54 Å². The number of aromatic nitrogens is 1. The van der Waals surface area contributed by atoms with Crippen LogP contribution in [0.15, 0.2) is 36.4 Å². The molecular weight excluding hydrogens is 264 g/mol. The molecule has 1 aliphatic heterocycles. The topological polar surface area (TPSA) is 27.8 Å². The predicted molar refractivity (Wildman–Crippen MR) is 85.5 cm³/mol. The maximum atomic E-state index is 3.67. The van der Waals surface area contributed by atoms with Crippen LogP contribution in [0.1, 0.15) is 34.0 Å². The average molecular weight is 282 g/mol. The zero-order valence-corrected chi connectivity index (χ0v) is 12.4. The van der Waals surface area contributed by atoms with Crippen LogP contribution in [0.2, 0.25) is 0 Å². The second kappa shape index (κ2) is 4.76. The number of aryl methyl sites for hydroxylation is 1. The minimum absolute atomic E-state index is 0.330. The minimum Gasteiger partial charge on any atom is -0.357 e. The van der Waals surface area contributed by atoms with Gasteiger partial charge in [0, 0.05) is 32.9 Å². The standard InChI is InChI=1S/C17H18N2S/c1-2-11-7-8-15(20-11)17-16-13(9-10-18-17)12-5-3-4-6-14(12)19-16/h3-8,17-19H,2,9-10H2,1H3. The first kappa shape index (κ1) is 12.2. The minimum atomic E-state index is 0.330. The lowest BCUT2D eigenvalue weighted by molar-refractivity contribution is 0.567. The lowest BCUT2D eigenvalue weighted by Crippen LogP contribution is -2.29. The maximum absolute atomic E-state index is 3.67. The van der Waals surface area contributed by atoms with Crippen LogP contribution in [0, 0.1) is 0 Å². The lowest BCUT2D eigenvalue weighted by atomic mass is 9.98. The fourth-order valence-corrected chi connectivity index (χ4v) is 4.20. The third-order valence-corrected chi connectivity index (χ3v) is 5.47. The molecule has 3 heteroatoms. The molecule has 0 radical (unpaired) electrons. The molecule has 0 aliphatic carbocycles. The van der Waals surface area contributed by atoms with E-state index in [2.05, 4.69) is 53.6 Å². The smallest absolute Gasteiger partial charge is 0.0826 e. The summed E-state index contributed by atoms with van der Waals surface area (Å²) < 4.78 is 0. The molecule has 2 aromatic heterocycles. The molecule has 0 saturated carbocycles. The monoisotopic (exact) mass is 282 g/mol. The maximum Gasteiger partial charge on any atom is 0.0826 e. The molecule has 102 valence electrons. The van der Waals surface area contributed by atoms with Gasteiger partial charge in [0.2, 0.25) is 0 Å². The number of nitrogens with one attached hydrogen (secondary N) is 2. The van der Waals surface area contributed by atoms with Crippen LogP contribution in [-0.2, 0) is 12.8 Å². The van der Waals surface area contributed by atoms with E-state index in [0.717, 1.165) is 19.4 Å². The first-order chi connectivity index (χ1) is 9.86. The molecular formula is C17H18N2S. The van der Waals surface area contributed by atoms with E-state index in [9.17, 15) is 0 Å².